The van der Waals surface area contributed by atoms with Crippen molar-refractivity contribution < 1.29 is 14.3 Å². The molecule has 1 atom stereocenters. The molecule has 1 saturated heterocycles. The van der Waals surface area contributed by atoms with Crippen LogP contribution in [0.3, 0.4) is 0 Å². The minimum atomic E-state index is -0.541. The summed E-state index contributed by atoms with van der Waals surface area (Å²) in [6.45, 7) is 1.69. The summed E-state index contributed by atoms with van der Waals surface area (Å²) >= 11 is 0. The average Bonchev–Trinajstić information content (AvgIpc) is 2.64. The highest BCUT2D eigenvalue weighted by Gasteiger charge is 2.20. The topological polar surface area (TPSA) is 93.5 Å². The molecule has 0 aromatic heterocycles. The van der Waals surface area contributed by atoms with Crippen molar-refractivity contribution in [1.29, 1.82) is 0 Å². The van der Waals surface area contributed by atoms with Crippen LogP contribution in [0.1, 0.15) is 23.2 Å². The molecule has 138 valence electrons. The lowest BCUT2D eigenvalue weighted by molar-refractivity contribution is -0.120. The van der Waals surface area contributed by atoms with E-state index in [2.05, 4.69) is 10.6 Å². The van der Waals surface area contributed by atoms with Gasteiger partial charge in [-0.1, -0.05) is 12.1 Å². The number of hydrogen-bond acceptors (Lipinski definition) is 4. The van der Waals surface area contributed by atoms with Crippen LogP contribution in [0, 0.1) is 5.92 Å². The maximum absolute atomic E-state index is 12.2. The molecule has 2 aromatic rings. The standard InChI is InChI=1S/C19H21N3O3.ClH/c20-18(23)16-5-1-2-6-17(16)25-15-9-7-14(8-10-15)22-19(24)13-4-3-11-21-12-13;/h1-2,5-10,13,21H,3-4,11-12H2,(H2,20,23)(H,22,24);1H. The molecule has 0 spiro atoms. The van der Waals surface area contributed by atoms with Crippen LogP contribution in [0.5, 0.6) is 11.5 Å². The number of primary amides is 1. The summed E-state index contributed by atoms with van der Waals surface area (Å²) < 4.78 is 5.72. The van der Waals surface area contributed by atoms with Crippen LogP contribution >= 0.6 is 12.4 Å². The number of nitrogens with two attached hydrogens (primary N) is 1. The van der Waals surface area contributed by atoms with Gasteiger partial charge < -0.3 is 21.1 Å². The number of halogens is 1. The maximum atomic E-state index is 12.2. The molecular formula is C19H22ClN3O3. The summed E-state index contributed by atoms with van der Waals surface area (Å²) in [5.41, 5.74) is 6.38. The van der Waals surface area contributed by atoms with Crippen molar-refractivity contribution in [2.75, 3.05) is 18.4 Å². The van der Waals surface area contributed by atoms with Gasteiger partial charge >= 0.3 is 0 Å². The van der Waals surface area contributed by atoms with Crippen molar-refractivity contribution in [3.8, 4) is 11.5 Å². The number of carbonyl (C=O) groups excluding carboxylic acids is 2. The van der Waals surface area contributed by atoms with Gasteiger partial charge in [0.05, 0.1) is 11.5 Å². The second kappa shape index (κ2) is 9.22. The van der Waals surface area contributed by atoms with Crippen LogP contribution in [0.2, 0.25) is 0 Å². The average molecular weight is 376 g/mol. The fourth-order valence-corrected chi connectivity index (χ4v) is 2.81. The van der Waals surface area contributed by atoms with Crippen LogP contribution in [0.4, 0.5) is 5.69 Å². The van der Waals surface area contributed by atoms with Gasteiger partial charge in [-0.15, -0.1) is 12.4 Å². The van der Waals surface area contributed by atoms with Crippen molar-refractivity contribution in [2.24, 2.45) is 11.7 Å². The number of hydrogen-bond donors (Lipinski definition) is 3. The van der Waals surface area contributed by atoms with Crippen LogP contribution < -0.4 is 21.1 Å². The summed E-state index contributed by atoms with van der Waals surface area (Å²) in [7, 11) is 0. The molecule has 1 unspecified atom stereocenters. The largest absolute Gasteiger partial charge is 0.457 e. The third kappa shape index (κ3) is 4.97. The molecule has 2 aromatic carbocycles. The van der Waals surface area contributed by atoms with E-state index in [1.165, 1.54) is 0 Å². The Morgan fingerprint density at radius 2 is 1.85 bits per heavy atom. The molecule has 1 heterocycles. The molecule has 1 fully saturated rings. The van der Waals surface area contributed by atoms with E-state index in [0.717, 1.165) is 25.9 Å². The fourth-order valence-electron chi connectivity index (χ4n) is 2.81. The number of anilines is 1. The Kier molecular flexibility index (Phi) is 7.00. The normalized spacial score (nSPS) is 16.2. The van der Waals surface area contributed by atoms with Crippen LogP contribution in [-0.2, 0) is 4.79 Å². The zero-order valence-electron chi connectivity index (χ0n) is 14.2. The van der Waals surface area contributed by atoms with Gasteiger partial charge in [-0.2, -0.15) is 0 Å². The first-order valence-electron chi connectivity index (χ1n) is 8.32. The highest BCUT2D eigenvalue weighted by Crippen LogP contribution is 2.26. The molecule has 7 heteroatoms. The van der Waals surface area contributed by atoms with Gasteiger partial charge in [0.25, 0.3) is 5.91 Å². The maximum Gasteiger partial charge on any atom is 0.252 e. The number of nitrogens with one attached hydrogen (secondary N) is 2. The number of ether oxygens (including phenoxy) is 1. The van der Waals surface area contributed by atoms with Crippen LogP contribution in [0.15, 0.2) is 48.5 Å². The van der Waals surface area contributed by atoms with Crippen molar-refractivity contribution in [3.63, 3.8) is 0 Å². The number of para-hydroxylation sites is 1. The predicted octanol–water partition coefficient (Wildman–Crippen LogP) is 2.94. The minimum Gasteiger partial charge on any atom is -0.457 e. The molecule has 3 rings (SSSR count). The second-order valence-corrected chi connectivity index (χ2v) is 6.02. The van der Waals surface area contributed by atoms with Crippen molar-refractivity contribution in [2.45, 2.75) is 12.8 Å². The Morgan fingerprint density at radius 3 is 2.50 bits per heavy atom. The monoisotopic (exact) mass is 375 g/mol. The van der Waals surface area contributed by atoms with Crippen molar-refractivity contribution in [3.05, 3.63) is 54.1 Å². The Morgan fingerprint density at radius 1 is 1.12 bits per heavy atom. The predicted molar refractivity (Wildman–Crippen MR) is 103 cm³/mol. The zero-order valence-corrected chi connectivity index (χ0v) is 15.1. The van der Waals surface area contributed by atoms with Gasteiger partial charge in [0.15, 0.2) is 0 Å². The molecule has 4 N–H and O–H groups in total. The zero-order chi connectivity index (χ0) is 17.6. The number of carbonyl (C=O) groups is 2. The highest BCUT2D eigenvalue weighted by atomic mass is 35.5. The molecule has 26 heavy (non-hydrogen) atoms. The first kappa shape index (κ1) is 19.8. The van der Waals surface area contributed by atoms with E-state index in [-0.39, 0.29) is 24.2 Å². The molecule has 6 nitrogen and oxygen atoms in total. The number of piperidine rings is 1. The SMILES string of the molecule is Cl.NC(=O)c1ccccc1Oc1ccc(NC(=O)C2CCCNC2)cc1. The van der Waals surface area contributed by atoms with Crippen molar-refractivity contribution in [1.82, 2.24) is 5.32 Å². The van der Waals surface area contributed by atoms with E-state index in [0.29, 0.717) is 22.7 Å². The summed E-state index contributed by atoms with van der Waals surface area (Å²) in [6, 6.07) is 13.8. The lowest BCUT2D eigenvalue weighted by Crippen LogP contribution is -2.37. The van der Waals surface area contributed by atoms with E-state index in [4.69, 9.17) is 10.5 Å². The number of amides is 2. The third-order valence-electron chi connectivity index (χ3n) is 4.17. The van der Waals surface area contributed by atoms with E-state index in [1.54, 1.807) is 48.5 Å². The summed E-state index contributed by atoms with van der Waals surface area (Å²) in [5.74, 6) is 0.457. The Bertz CT molecular complexity index is 759. The van der Waals surface area contributed by atoms with Gasteiger partial charge in [-0.05, 0) is 55.8 Å². The molecule has 2 amide bonds. The second-order valence-electron chi connectivity index (χ2n) is 6.02. The Balaban J connectivity index is 0.00000243. The number of rotatable bonds is 5. The van der Waals surface area contributed by atoms with Gasteiger partial charge in [0.2, 0.25) is 5.91 Å². The molecule has 1 aliphatic heterocycles. The molecule has 1 aliphatic rings. The third-order valence-corrected chi connectivity index (χ3v) is 4.17. The van der Waals surface area contributed by atoms with Crippen molar-refractivity contribution >= 4 is 29.9 Å². The first-order chi connectivity index (χ1) is 12.1. The van der Waals surface area contributed by atoms with E-state index in [9.17, 15) is 9.59 Å². The molecule has 0 aliphatic carbocycles. The highest BCUT2D eigenvalue weighted by molar-refractivity contribution is 5.95. The smallest absolute Gasteiger partial charge is 0.252 e. The van der Waals surface area contributed by atoms with Crippen LogP contribution in [0.25, 0.3) is 0 Å². The quantitative estimate of drug-likeness (QED) is 0.749. The fraction of sp³-hybridized carbons (Fsp3) is 0.263. The van der Waals surface area contributed by atoms with Gasteiger partial charge in [-0.25, -0.2) is 0 Å². The van der Waals surface area contributed by atoms with E-state index >= 15 is 0 Å². The van der Waals surface area contributed by atoms with Gasteiger partial charge in [0, 0.05) is 12.2 Å². The molecule has 0 radical (unpaired) electrons. The summed E-state index contributed by atoms with van der Waals surface area (Å²) in [4.78, 5) is 23.7. The lowest BCUT2D eigenvalue weighted by atomic mass is 9.99. The Hall–Kier alpha value is -2.57. The summed E-state index contributed by atoms with van der Waals surface area (Å²) in [5, 5.41) is 6.16. The van der Waals surface area contributed by atoms with E-state index in [1.807, 2.05) is 0 Å². The molecule has 0 bridgehead atoms. The lowest BCUT2D eigenvalue weighted by Gasteiger charge is -2.21. The summed E-state index contributed by atoms with van der Waals surface area (Å²) in [6.07, 6.45) is 1.92. The first-order valence-corrected chi connectivity index (χ1v) is 8.32. The van der Waals surface area contributed by atoms with Gasteiger partial charge in [0.1, 0.15) is 11.5 Å². The Labute approximate surface area is 158 Å². The van der Waals surface area contributed by atoms with Gasteiger partial charge in [-0.3, -0.25) is 9.59 Å². The molecular weight excluding hydrogens is 354 g/mol. The van der Waals surface area contributed by atoms with Crippen LogP contribution in [-0.4, -0.2) is 24.9 Å². The number of benzene rings is 2. The molecule has 0 saturated carbocycles. The van der Waals surface area contributed by atoms with E-state index < -0.39 is 5.91 Å². The minimum absolute atomic E-state index is 0.